The van der Waals surface area contributed by atoms with Gasteiger partial charge in [0.05, 0.1) is 26.1 Å². The van der Waals surface area contributed by atoms with Crippen LogP contribution in [0.4, 0.5) is 0 Å². The van der Waals surface area contributed by atoms with E-state index in [1.54, 1.807) is 7.11 Å². The molecule has 0 aromatic heterocycles. The second-order valence-corrected chi connectivity index (χ2v) is 23.6. The summed E-state index contributed by atoms with van der Waals surface area (Å²) in [6, 6.07) is 0. The summed E-state index contributed by atoms with van der Waals surface area (Å²) in [5, 5.41) is 0. The predicted octanol–water partition coefficient (Wildman–Crippen LogP) is 23.7. The van der Waals surface area contributed by atoms with E-state index in [1.807, 2.05) is 34.0 Å². The molecule has 1 saturated carbocycles. The number of Topliss-reactive ketones (excluding diaryl/α,β-unsaturated/α-hetero) is 1. The van der Waals surface area contributed by atoms with Crippen LogP contribution in [0.3, 0.4) is 0 Å². The molecule has 90 heavy (non-hydrogen) atoms. The Morgan fingerprint density at radius 1 is 0.567 bits per heavy atom. The number of ketones is 1. The molecule has 0 bridgehead atoms. The summed E-state index contributed by atoms with van der Waals surface area (Å²) in [6.07, 6.45) is 54.3. The van der Waals surface area contributed by atoms with Crippen LogP contribution in [-0.2, 0) is 47.7 Å². The fourth-order valence-electron chi connectivity index (χ4n) is 8.30. The molecule has 10 nitrogen and oxygen atoms in total. The summed E-state index contributed by atoms with van der Waals surface area (Å²) < 4.78 is 21.4. The molecule has 12 heteroatoms. The Bertz CT molecular complexity index is 1410. The van der Waals surface area contributed by atoms with Gasteiger partial charge >= 0.3 is 74.2 Å². The third-order valence-corrected chi connectivity index (χ3v) is 14.4. The first-order valence-electron chi connectivity index (χ1n) is 36.4. The van der Waals surface area contributed by atoms with Gasteiger partial charge in [-0.2, -0.15) is 19.8 Å². The van der Waals surface area contributed by atoms with Crippen molar-refractivity contribution in [1.82, 2.24) is 0 Å². The summed E-state index contributed by atoms with van der Waals surface area (Å²) in [5.74, 6) is 3.18. The monoisotopic (exact) mass is 1730 g/mol. The van der Waals surface area contributed by atoms with E-state index in [-0.39, 0.29) is 86.0 Å². The van der Waals surface area contributed by atoms with Crippen molar-refractivity contribution in [1.29, 1.82) is 0 Å². The zero-order chi connectivity index (χ0) is 68.5. The fraction of sp³-hybridized carbons (Fsp3) is 0.846. The van der Waals surface area contributed by atoms with Gasteiger partial charge < -0.3 is 47.2 Å². The minimum atomic E-state index is -0.239. The van der Waals surface area contributed by atoms with E-state index < -0.39 is 0 Å². The van der Waals surface area contributed by atoms with Crippen LogP contribution in [0, 0.1) is 106 Å². The van der Waals surface area contributed by atoms with Crippen LogP contribution in [0.1, 0.15) is 368 Å². The number of methoxy groups -OCH3 is 2. The molecule has 1 rings (SSSR count). The van der Waals surface area contributed by atoms with Crippen LogP contribution in [0.5, 0.6) is 0 Å². The molecule has 0 saturated heterocycles. The van der Waals surface area contributed by atoms with Gasteiger partial charge in [0, 0.05) is 51.7 Å². The largest absolute Gasteiger partial charge is 2.00 e. The molecule has 1 aliphatic carbocycles. The molecule has 4 atom stereocenters. The Kier molecular flexibility index (Phi) is 124. The quantitative estimate of drug-likeness (QED) is 0.0144. The molecule has 0 aromatic carbocycles. The molecular weight excluding hydrogens is 1570 g/mol. The average molecular weight is 1730 g/mol. The van der Waals surface area contributed by atoms with E-state index in [9.17, 15) is 24.0 Å². The third-order valence-electron chi connectivity index (χ3n) is 14.4. The Hall–Kier alpha value is -1.04. The molecule has 0 aliphatic heterocycles. The van der Waals surface area contributed by atoms with E-state index in [1.165, 1.54) is 186 Å². The van der Waals surface area contributed by atoms with E-state index in [4.69, 9.17) is 19.0 Å². The molecule has 4 unspecified atom stereocenters. The van der Waals surface area contributed by atoms with Gasteiger partial charge in [-0.15, -0.1) is 5.92 Å². The van der Waals surface area contributed by atoms with Crippen LogP contribution in [0.2, 0.25) is 0 Å². The molecule has 1 aliphatic rings. The summed E-state index contributed by atoms with van der Waals surface area (Å²) >= 11 is 0. The van der Waals surface area contributed by atoms with Crippen LogP contribution >= 0.6 is 0 Å². The normalized spacial score (nSPS) is 11.9. The average Bonchev–Trinajstić information content (AvgIpc) is 3.57. The number of ether oxygens (including phenoxy) is 4. The van der Waals surface area contributed by atoms with Gasteiger partial charge in [-0.05, 0) is 87.5 Å². The first-order valence-corrected chi connectivity index (χ1v) is 36.4. The van der Waals surface area contributed by atoms with Crippen molar-refractivity contribution < 1.29 is 110 Å². The van der Waals surface area contributed by atoms with E-state index >= 15 is 0 Å². The zero-order valence-corrected chi connectivity index (χ0v) is 71.3. The maximum absolute atomic E-state index is 12.2. The van der Waals surface area contributed by atoms with Crippen molar-refractivity contribution in [3.63, 3.8) is 0 Å². The minimum Gasteiger partial charge on any atom is -0.542 e. The molecular formula is C78H152O10U2. The van der Waals surface area contributed by atoms with E-state index in [0.29, 0.717) is 56.0 Å². The molecule has 1 fully saturated rings. The SMILES string of the molecule is CC.CCC.CCC/C=C\CC(COC(CC(CC)COC(=O)CCCCCCCC)=C1CCC1)C(C)C.CCCCCCCCC(=O)C(C)CC.CCCCCCCCC=O.CCCCCCCC[C-]=O.C[C-]=O.[CH2-]C(COC)CC(=O)OC.[CH2-]CC.[U+2].[U+2]. The number of unbranched alkanes of at least 4 members (excludes halogenated alkanes) is 23. The number of carbonyl (C=O) groups is 4. The number of carbonyl (C=O) groups excluding carboxylic acids is 6. The summed E-state index contributed by atoms with van der Waals surface area (Å²) in [6.45, 7) is 42.6. The topological polar surface area (TPSA) is 139 Å². The molecule has 0 heterocycles. The van der Waals surface area contributed by atoms with Crippen LogP contribution in [0.25, 0.3) is 0 Å². The van der Waals surface area contributed by atoms with Crippen LogP contribution < -0.4 is 0 Å². The number of hydrogen-bond donors (Lipinski definition) is 0. The van der Waals surface area contributed by atoms with Crippen LogP contribution in [0.15, 0.2) is 23.5 Å². The Morgan fingerprint density at radius 3 is 1.39 bits per heavy atom. The smallest absolute Gasteiger partial charge is 0.542 e. The first-order chi connectivity index (χ1) is 42.5. The van der Waals surface area contributed by atoms with Gasteiger partial charge in [0.15, 0.2) is 0 Å². The van der Waals surface area contributed by atoms with Crippen molar-refractivity contribution in [2.75, 3.05) is 34.0 Å². The van der Waals surface area contributed by atoms with Gasteiger partial charge in [-0.1, -0.05) is 264 Å². The Balaban J connectivity index is -0.000000117. The second-order valence-electron chi connectivity index (χ2n) is 23.6. The first kappa shape index (κ1) is 110. The molecule has 532 valence electrons. The van der Waals surface area contributed by atoms with Crippen molar-refractivity contribution in [2.45, 2.75) is 368 Å². The van der Waals surface area contributed by atoms with E-state index in [2.05, 4.69) is 107 Å². The number of aldehydes is 1. The van der Waals surface area contributed by atoms with Gasteiger partial charge in [0.25, 0.3) is 0 Å². The molecule has 0 radical (unpaired) electrons. The van der Waals surface area contributed by atoms with Crippen molar-refractivity contribution in [2.24, 2.45) is 29.6 Å². The summed E-state index contributed by atoms with van der Waals surface area (Å²) in [5.41, 5.74) is 1.50. The number of hydrogen-bond acceptors (Lipinski definition) is 10. The molecule has 0 N–H and O–H groups in total. The van der Waals surface area contributed by atoms with Gasteiger partial charge in [0.1, 0.15) is 12.1 Å². The third kappa shape index (κ3) is 101. The number of esters is 2. The second kappa shape index (κ2) is 101. The maximum atomic E-state index is 12.2. The van der Waals surface area contributed by atoms with Gasteiger partial charge in [0.2, 0.25) is 0 Å². The van der Waals surface area contributed by atoms with Crippen molar-refractivity contribution in [3.05, 3.63) is 37.3 Å². The van der Waals surface area contributed by atoms with Gasteiger partial charge in [-0.3, -0.25) is 27.0 Å². The van der Waals surface area contributed by atoms with Crippen molar-refractivity contribution >= 4 is 36.6 Å². The molecule has 0 aromatic rings. The molecule has 0 spiro atoms. The Morgan fingerprint density at radius 2 is 1.01 bits per heavy atom. The van der Waals surface area contributed by atoms with Gasteiger partial charge in [-0.25, -0.2) is 0 Å². The van der Waals surface area contributed by atoms with E-state index in [0.717, 1.165) is 96.4 Å². The fourth-order valence-corrected chi connectivity index (χ4v) is 8.30. The van der Waals surface area contributed by atoms with Crippen LogP contribution in [-0.4, -0.2) is 70.6 Å². The maximum Gasteiger partial charge on any atom is 2.00 e. The summed E-state index contributed by atoms with van der Waals surface area (Å²) in [4.78, 5) is 62.6. The zero-order valence-electron chi connectivity index (χ0n) is 63.0. The predicted molar refractivity (Wildman–Crippen MR) is 383 cm³/mol. The minimum absolute atomic E-state index is 0. The standard InChI is InChI=1S/C30H54O3.C13H26O.C9H18O.C9H17O.C7H13O3.C3H8.C3H7.C2H3O.C2H6.2U/c1-6-9-11-13-14-16-21-30(31)33-23-26(8-3)22-29(27-19-17-20-27)32-24-28(25(4)5)18-15-12-10-7-2;1-4-6-7-8-9-10-11-13(14)12(3)5-2;2*1-2-3-4-5-6-7-8-9-10;1-6(5-9-2)4-7(8)10-3;2*1-3-2;1-2-3;1-2;;/h12,15,25-26,28H,6-11,13-14,16-24H2,1-5H3;12H,4-11H2,1-3H3;9H,2-8H2,1H3;2-8H2,1H3;6H,1,4-5H2,2-3H3;3H2,1-2H3;1,3H2,2H3;1H3;1-2H3;;/q;;;2*-1;;2*-1;;2*+2/b15-12-;;;;;;;;;;. The molecule has 0 amide bonds. The number of allylic oxidation sites excluding steroid dienone is 4. The van der Waals surface area contributed by atoms with Crippen molar-refractivity contribution in [3.8, 4) is 0 Å². The summed E-state index contributed by atoms with van der Waals surface area (Å²) in [7, 11) is 2.94. The Labute approximate surface area is 610 Å². The number of rotatable bonds is 47.